The van der Waals surface area contributed by atoms with Gasteiger partial charge in [-0.1, -0.05) is 29.4 Å². The Balaban J connectivity index is 2.27. The lowest BCUT2D eigenvalue weighted by molar-refractivity contribution is 0.803. The van der Waals surface area contributed by atoms with Gasteiger partial charge in [0.2, 0.25) is 0 Å². The standard InChI is InChI=1S/C12H12ClN3S/c1-14-7-9-2-3-10(13)6-11(9)17-12-4-5-15-8-16-12/h2-6,8,14H,7H2,1H3. The van der Waals surface area contributed by atoms with E-state index in [2.05, 4.69) is 15.3 Å². The lowest BCUT2D eigenvalue weighted by atomic mass is 10.2. The van der Waals surface area contributed by atoms with E-state index in [0.29, 0.717) is 0 Å². The maximum absolute atomic E-state index is 6.02. The van der Waals surface area contributed by atoms with Crippen molar-refractivity contribution in [3.63, 3.8) is 0 Å². The highest BCUT2D eigenvalue weighted by Gasteiger charge is 2.05. The molecule has 1 heterocycles. The van der Waals surface area contributed by atoms with Crippen molar-refractivity contribution in [3.05, 3.63) is 47.4 Å². The molecule has 0 spiro atoms. The van der Waals surface area contributed by atoms with Crippen molar-refractivity contribution in [2.75, 3.05) is 7.05 Å². The van der Waals surface area contributed by atoms with Crippen LogP contribution in [0.2, 0.25) is 5.02 Å². The number of benzene rings is 1. The van der Waals surface area contributed by atoms with Gasteiger partial charge in [-0.3, -0.25) is 0 Å². The van der Waals surface area contributed by atoms with E-state index < -0.39 is 0 Å². The quantitative estimate of drug-likeness (QED) is 0.863. The van der Waals surface area contributed by atoms with Gasteiger partial charge in [0.1, 0.15) is 11.4 Å². The smallest absolute Gasteiger partial charge is 0.116 e. The Morgan fingerprint density at radius 3 is 2.94 bits per heavy atom. The van der Waals surface area contributed by atoms with Crippen LogP contribution >= 0.6 is 23.4 Å². The van der Waals surface area contributed by atoms with Crippen molar-refractivity contribution in [1.82, 2.24) is 15.3 Å². The van der Waals surface area contributed by atoms with Gasteiger partial charge in [-0.05, 0) is 30.8 Å². The fourth-order valence-corrected chi connectivity index (χ4v) is 2.56. The van der Waals surface area contributed by atoms with Crippen LogP contribution in [0.1, 0.15) is 5.56 Å². The van der Waals surface area contributed by atoms with Crippen LogP contribution in [0.4, 0.5) is 0 Å². The van der Waals surface area contributed by atoms with Crippen LogP contribution in [0, 0.1) is 0 Å². The first-order valence-electron chi connectivity index (χ1n) is 5.16. The van der Waals surface area contributed by atoms with Crippen molar-refractivity contribution in [3.8, 4) is 0 Å². The fourth-order valence-electron chi connectivity index (χ4n) is 1.41. The average molecular weight is 266 g/mol. The predicted molar refractivity (Wildman–Crippen MR) is 70.4 cm³/mol. The first kappa shape index (κ1) is 12.4. The van der Waals surface area contributed by atoms with E-state index in [0.717, 1.165) is 21.5 Å². The van der Waals surface area contributed by atoms with Gasteiger partial charge in [-0.2, -0.15) is 0 Å². The van der Waals surface area contributed by atoms with E-state index in [1.54, 1.807) is 24.3 Å². The monoisotopic (exact) mass is 265 g/mol. The summed E-state index contributed by atoms with van der Waals surface area (Å²) in [5.41, 5.74) is 1.21. The molecule has 0 aliphatic carbocycles. The van der Waals surface area contributed by atoms with Crippen LogP contribution in [0.15, 0.2) is 46.7 Å². The zero-order valence-corrected chi connectivity index (χ0v) is 10.9. The number of halogens is 1. The molecule has 0 saturated carbocycles. The zero-order valence-electron chi connectivity index (χ0n) is 9.35. The molecule has 1 aromatic heterocycles. The molecule has 1 aromatic carbocycles. The topological polar surface area (TPSA) is 37.8 Å². The summed E-state index contributed by atoms with van der Waals surface area (Å²) in [6, 6.07) is 7.77. The summed E-state index contributed by atoms with van der Waals surface area (Å²) < 4.78 is 0. The van der Waals surface area contributed by atoms with Gasteiger partial charge in [-0.25, -0.2) is 9.97 Å². The van der Waals surface area contributed by atoms with E-state index in [9.17, 15) is 0 Å². The highest BCUT2D eigenvalue weighted by Crippen LogP contribution is 2.30. The molecule has 0 bridgehead atoms. The van der Waals surface area contributed by atoms with E-state index in [4.69, 9.17) is 11.6 Å². The third-order valence-corrected chi connectivity index (χ3v) is 3.45. The van der Waals surface area contributed by atoms with Crippen molar-refractivity contribution in [1.29, 1.82) is 0 Å². The molecule has 0 aliphatic rings. The van der Waals surface area contributed by atoms with Crippen LogP contribution in [0.25, 0.3) is 0 Å². The van der Waals surface area contributed by atoms with Gasteiger partial charge in [-0.15, -0.1) is 0 Å². The minimum absolute atomic E-state index is 0.737. The first-order chi connectivity index (χ1) is 8.29. The lowest BCUT2D eigenvalue weighted by Crippen LogP contribution is -2.06. The van der Waals surface area contributed by atoms with Crippen LogP contribution in [0.5, 0.6) is 0 Å². The molecule has 0 unspecified atom stereocenters. The summed E-state index contributed by atoms with van der Waals surface area (Å²) in [5.74, 6) is 0. The van der Waals surface area contributed by atoms with Crippen molar-refractivity contribution in [2.24, 2.45) is 0 Å². The van der Waals surface area contributed by atoms with Crippen LogP contribution in [-0.2, 0) is 6.54 Å². The average Bonchev–Trinajstić information content (AvgIpc) is 2.34. The third kappa shape index (κ3) is 3.43. The molecule has 0 atom stereocenters. The number of rotatable bonds is 4. The molecule has 0 fully saturated rings. The molecule has 0 radical (unpaired) electrons. The Bertz CT molecular complexity index is 490. The summed E-state index contributed by atoms with van der Waals surface area (Å²) in [5, 5.41) is 4.79. The van der Waals surface area contributed by atoms with Crippen LogP contribution in [-0.4, -0.2) is 17.0 Å². The lowest BCUT2D eigenvalue weighted by Gasteiger charge is -2.08. The van der Waals surface area contributed by atoms with Crippen LogP contribution in [0.3, 0.4) is 0 Å². The van der Waals surface area contributed by atoms with Gasteiger partial charge in [0, 0.05) is 22.7 Å². The molecule has 0 amide bonds. The second kappa shape index (κ2) is 6.00. The number of nitrogens with one attached hydrogen (secondary N) is 1. The summed E-state index contributed by atoms with van der Waals surface area (Å²) >= 11 is 7.61. The Morgan fingerprint density at radius 2 is 2.24 bits per heavy atom. The SMILES string of the molecule is CNCc1ccc(Cl)cc1Sc1ccncn1. The zero-order chi connectivity index (χ0) is 12.1. The van der Waals surface area contributed by atoms with E-state index in [1.807, 2.05) is 31.3 Å². The fraction of sp³-hybridized carbons (Fsp3) is 0.167. The largest absolute Gasteiger partial charge is 0.316 e. The van der Waals surface area contributed by atoms with E-state index >= 15 is 0 Å². The number of aromatic nitrogens is 2. The van der Waals surface area contributed by atoms with Crippen molar-refractivity contribution < 1.29 is 0 Å². The maximum Gasteiger partial charge on any atom is 0.116 e. The van der Waals surface area contributed by atoms with E-state index in [-0.39, 0.29) is 0 Å². The first-order valence-corrected chi connectivity index (χ1v) is 6.36. The molecule has 2 rings (SSSR count). The third-order valence-electron chi connectivity index (χ3n) is 2.17. The number of nitrogens with zero attached hydrogens (tertiary/aromatic N) is 2. The minimum atomic E-state index is 0.737. The molecule has 88 valence electrons. The van der Waals surface area contributed by atoms with Gasteiger partial charge < -0.3 is 5.32 Å². The summed E-state index contributed by atoms with van der Waals surface area (Å²) in [6.07, 6.45) is 3.28. The summed E-state index contributed by atoms with van der Waals surface area (Å²) in [6.45, 7) is 0.810. The van der Waals surface area contributed by atoms with Gasteiger partial charge in [0.05, 0.1) is 0 Å². The molecule has 0 saturated heterocycles. The molecule has 3 nitrogen and oxygen atoms in total. The van der Waals surface area contributed by atoms with E-state index in [1.165, 1.54) is 5.56 Å². The van der Waals surface area contributed by atoms with Gasteiger partial charge in [0.25, 0.3) is 0 Å². The van der Waals surface area contributed by atoms with Crippen LogP contribution < -0.4 is 5.32 Å². The van der Waals surface area contributed by atoms with Gasteiger partial charge in [0.15, 0.2) is 0 Å². The van der Waals surface area contributed by atoms with Crippen molar-refractivity contribution >= 4 is 23.4 Å². The second-order valence-corrected chi connectivity index (χ2v) is 4.93. The van der Waals surface area contributed by atoms with Gasteiger partial charge >= 0.3 is 0 Å². The minimum Gasteiger partial charge on any atom is -0.316 e. The number of hydrogen-bond donors (Lipinski definition) is 1. The predicted octanol–water partition coefficient (Wildman–Crippen LogP) is 3.00. The molecule has 1 N–H and O–H groups in total. The molecule has 5 heteroatoms. The Hall–Kier alpha value is -1.10. The summed E-state index contributed by atoms with van der Waals surface area (Å²) in [4.78, 5) is 9.21. The highest BCUT2D eigenvalue weighted by atomic mass is 35.5. The molecule has 0 aliphatic heterocycles. The Labute approximate surface area is 110 Å². The normalized spacial score (nSPS) is 10.5. The molecule has 2 aromatic rings. The summed E-state index contributed by atoms with van der Waals surface area (Å²) in [7, 11) is 1.92. The molecular weight excluding hydrogens is 254 g/mol. The molecule has 17 heavy (non-hydrogen) atoms. The molecular formula is C12H12ClN3S. The second-order valence-electron chi connectivity index (χ2n) is 3.43. The Morgan fingerprint density at radius 1 is 1.35 bits per heavy atom. The van der Waals surface area contributed by atoms with Crippen molar-refractivity contribution in [2.45, 2.75) is 16.5 Å². The number of hydrogen-bond acceptors (Lipinski definition) is 4. The highest BCUT2D eigenvalue weighted by molar-refractivity contribution is 7.99. The maximum atomic E-state index is 6.02. The Kier molecular flexibility index (Phi) is 4.36.